The Morgan fingerprint density at radius 1 is 1.19 bits per heavy atom. The number of guanidine groups is 1. The largest absolute Gasteiger partial charge is 0.357 e. The van der Waals surface area contributed by atoms with Gasteiger partial charge >= 0.3 is 0 Å². The number of fused-ring (bicyclic) bond motifs is 1. The van der Waals surface area contributed by atoms with Crippen molar-refractivity contribution in [3.05, 3.63) is 64.5 Å². The fourth-order valence-electron chi connectivity index (χ4n) is 2.92. The molecular weight excluding hydrogens is 467 g/mol. The van der Waals surface area contributed by atoms with Gasteiger partial charge in [0.1, 0.15) is 0 Å². The molecule has 0 fully saturated rings. The monoisotopic (exact) mass is 494 g/mol. The lowest BCUT2D eigenvalue weighted by Crippen LogP contribution is -2.38. The summed E-state index contributed by atoms with van der Waals surface area (Å²) in [5.74, 6) is 1.31. The van der Waals surface area contributed by atoms with Crippen LogP contribution in [-0.4, -0.2) is 30.6 Å². The van der Waals surface area contributed by atoms with E-state index in [1.165, 1.54) is 16.5 Å². The number of benzene rings is 1. The molecule has 3 rings (SSSR count). The number of para-hydroxylation sites is 1. The molecule has 27 heavy (non-hydrogen) atoms. The summed E-state index contributed by atoms with van der Waals surface area (Å²) in [6.45, 7) is 6.77. The smallest absolute Gasteiger partial charge is 0.191 e. The molecule has 2 aromatic heterocycles. The molecule has 0 aliphatic carbocycles. The average Bonchev–Trinajstić information content (AvgIpc) is 3.21. The zero-order valence-electron chi connectivity index (χ0n) is 15.8. The number of halogens is 1. The van der Waals surface area contributed by atoms with Crippen molar-refractivity contribution >= 4 is 52.2 Å². The van der Waals surface area contributed by atoms with Gasteiger partial charge < -0.3 is 10.6 Å². The maximum absolute atomic E-state index is 4.75. The second-order valence-corrected chi connectivity index (χ2v) is 7.13. The van der Waals surface area contributed by atoms with Gasteiger partial charge in [-0.1, -0.05) is 31.2 Å². The fourth-order valence-corrected chi connectivity index (χ4v) is 3.70. The van der Waals surface area contributed by atoms with Crippen LogP contribution in [0.4, 0.5) is 0 Å². The number of aliphatic imine (C=N–C) groups is 1. The number of nitrogens with one attached hydrogen (secondary N) is 2. The standard InChI is InChI=1S/C21H26N4S.HI/c1-3-22-21(25-14-16(2)19-10-13-26-15-19)24-12-9-18-7-4-6-17-8-5-11-23-20(17)18;/h4-8,10-11,13,15-16H,3,9,12,14H2,1-2H3,(H2,22,24,25);1H. The second-order valence-electron chi connectivity index (χ2n) is 6.35. The third-order valence-electron chi connectivity index (χ3n) is 4.38. The van der Waals surface area contributed by atoms with E-state index >= 15 is 0 Å². The summed E-state index contributed by atoms with van der Waals surface area (Å²) in [4.78, 5) is 9.28. The van der Waals surface area contributed by atoms with Crippen LogP contribution in [0.5, 0.6) is 0 Å². The Kier molecular flexibility index (Phi) is 9.00. The molecule has 1 atom stereocenters. The highest BCUT2D eigenvalue weighted by Gasteiger charge is 2.06. The molecule has 0 saturated heterocycles. The Bertz CT molecular complexity index is 843. The normalized spacial score (nSPS) is 12.4. The molecule has 2 N–H and O–H groups in total. The van der Waals surface area contributed by atoms with E-state index in [0.29, 0.717) is 5.92 Å². The minimum atomic E-state index is 0. The molecule has 4 nitrogen and oxygen atoms in total. The minimum absolute atomic E-state index is 0. The number of aromatic nitrogens is 1. The number of pyridine rings is 1. The number of rotatable bonds is 7. The summed E-state index contributed by atoms with van der Waals surface area (Å²) in [6.07, 6.45) is 2.77. The maximum atomic E-state index is 4.75. The summed E-state index contributed by atoms with van der Waals surface area (Å²) in [5.41, 5.74) is 3.71. The van der Waals surface area contributed by atoms with E-state index in [0.717, 1.165) is 37.5 Å². The molecule has 0 saturated carbocycles. The van der Waals surface area contributed by atoms with Crippen LogP contribution in [-0.2, 0) is 6.42 Å². The van der Waals surface area contributed by atoms with Gasteiger partial charge in [-0.25, -0.2) is 0 Å². The van der Waals surface area contributed by atoms with Crippen molar-refractivity contribution in [3.63, 3.8) is 0 Å². The quantitative estimate of drug-likeness (QED) is 0.282. The highest BCUT2D eigenvalue weighted by Crippen LogP contribution is 2.18. The van der Waals surface area contributed by atoms with Crippen LogP contribution in [0, 0.1) is 0 Å². The van der Waals surface area contributed by atoms with Crippen molar-refractivity contribution < 1.29 is 0 Å². The third-order valence-corrected chi connectivity index (χ3v) is 5.08. The van der Waals surface area contributed by atoms with Crippen molar-refractivity contribution in [1.29, 1.82) is 0 Å². The Labute approximate surface area is 182 Å². The van der Waals surface area contributed by atoms with Gasteiger partial charge in [0.15, 0.2) is 5.96 Å². The molecule has 144 valence electrons. The van der Waals surface area contributed by atoms with Gasteiger partial charge in [0, 0.05) is 37.1 Å². The van der Waals surface area contributed by atoms with Crippen molar-refractivity contribution in [2.24, 2.45) is 4.99 Å². The van der Waals surface area contributed by atoms with Gasteiger partial charge in [0.25, 0.3) is 0 Å². The Balaban J connectivity index is 0.00000261. The highest BCUT2D eigenvalue weighted by atomic mass is 127. The van der Waals surface area contributed by atoms with Crippen LogP contribution in [0.3, 0.4) is 0 Å². The molecule has 1 aromatic carbocycles. The van der Waals surface area contributed by atoms with Crippen molar-refractivity contribution in [2.75, 3.05) is 19.6 Å². The number of thiophene rings is 1. The van der Waals surface area contributed by atoms with Crippen molar-refractivity contribution in [2.45, 2.75) is 26.2 Å². The molecule has 1 unspecified atom stereocenters. The third kappa shape index (κ3) is 6.17. The van der Waals surface area contributed by atoms with Crippen LogP contribution < -0.4 is 10.6 Å². The molecule has 0 bridgehead atoms. The van der Waals surface area contributed by atoms with Crippen molar-refractivity contribution in [1.82, 2.24) is 15.6 Å². The van der Waals surface area contributed by atoms with Gasteiger partial charge in [-0.3, -0.25) is 9.98 Å². The lowest BCUT2D eigenvalue weighted by molar-refractivity contribution is 0.748. The van der Waals surface area contributed by atoms with Crippen LogP contribution in [0.25, 0.3) is 10.9 Å². The first kappa shape index (κ1) is 21.6. The zero-order chi connectivity index (χ0) is 18.2. The van der Waals surface area contributed by atoms with E-state index in [1.54, 1.807) is 11.3 Å². The first-order chi connectivity index (χ1) is 12.8. The van der Waals surface area contributed by atoms with Gasteiger partial charge in [0.2, 0.25) is 0 Å². The molecule has 0 aliphatic rings. The predicted octanol–water partition coefficient (Wildman–Crippen LogP) is 4.82. The molecule has 2 heterocycles. The predicted molar refractivity (Wildman–Crippen MR) is 128 cm³/mol. The number of hydrogen-bond donors (Lipinski definition) is 2. The maximum Gasteiger partial charge on any atom is 0.191 e. The van der Waals surface area contributed by atoms with Crippen LogP contribution in [0.2, 0.25) is 0 Å². The molecule has 0 spiro atoms. The Morgan fingerprint density at radius 3 is 2.81 bits per heavy atom. The summed E-state index contributed by atoms with van der Waals surface area (Å²) in [6, 6.07) is 12.6. The SMILES string of the molecule is CCNC(=NCC(C)c1ccsc1)NCCc1cccc2cccnc12.I. The summed E-state index contributed by atoms with van der Waals surface area (Å²) in [5, 5.41) is 12.3. The molecule has 6 heteroatoms. The Hall–Kier alpha value is -1.67. The minimum Gasteiger partial charge on any atom is -0.357 e. The van der Waals surface area contributed by atoms with E-state index in [2.05, 4.69) is 70.6 Å². The van der Waals surface area contributed by atoms with Crippen LogP contribution in [0.15, 0.2) is 58.3 Å². The first-order valence-electron chi connectivity index (χ1n) is 9.15. The first-order valence-corrected chi connectivity index (χ1v) is 10.1. The zero-order valence-corrected chi connectivity index (χ0v) is 19.0. The second kappa shape index (κ2) is 11.2. The van der Waals surface area contributed by atoms with E-state index in [9.17, 15) is 0 Å². The molecule has 0 amide bonds. The lowest BCUT2D eigenvalue weighted by atomic mass is 10.1. The summed E-state index contributed by atoms with van der Waals surface area (Å²) >= 11 is 1.74. The van der Waals surface area contributed by atoms with E-state index in [1.807, 2.05) is 12.3 Å². The van der Waals surface area contributed by atoms with Gasteiger partial charge in [0.05, 0.1) is 5.52 Å². The topological polar surface area (TPSA) is 49.3 Å². The molecular formula is C21H27IN4S. The molecule has 0 radical (unpaired) electrons. The van der Waals surface area contributed by atoms with E-state index in [-0.39, 0.29) is 24.0 Å². The van der Waals surface area contributed by atoms with Gasteiger partial charge in [-0.15, -0.1) is 24.0 Å². The lowest BCUT2D eigenvalue weighted by Gasteiger charge is -2.13. The molecule has 3 aromatic rings. The molecule has 0 aliphatic heterocycles. The summed E-state index contributed by atoms with van der Waals surface area (Å²) in [7, 11) is 0. The Morgan fingerprint density at radius 2 is 2.04 bits per heavy atom. The average molecular weight is 494 g/mol. The number of hydrogen-bond acceptors (Lipinski definition) is 3. The highest BCUT2D eigenvalue weighted by molar-refractivity contribution is 14.0. The number of nitrogens with zero attached hydrogens (tertiary/aromatic N) is 2. The van der Waals surface area contributed by atoms with Crippen molar-refractivity contribution in [3.8, 4) is 0 Å². The summed E-state index contributed by atoms with van der Waals surface area (Å²) < 4.78 is 0. The fraction of sp³-hybridized carbons (Fsp3) is 0.333. The van der Waals surface area contributed by atoms with E-state index < -0.39 is 0 Å². The van der Waals surface area contributed by atoms with Gasteiger partial charge in [-0.05, 0) is 47.4 Å². The van der Waals surface area contributed by atoms with E-state index in [4.69, 9.17) is 4.99 Å². The van der Waals surface area contributed by atoms with Crippen LogP contribution >= 0.6 is 35.3 Å². The van der Waals surface area contributed by atoms with Crippen LogP contribution in [0.1, 0.15) is 30.9 Å². The van der Waals surface area contributed by atoms with Gasteiger partial charge in [-0.2, -0.15) is 11.3 Å².